The third-order valence-corrected chi connectivity index (χ3v) is 11.4. The fraction of sp³-hybridized carbons (Fsp3) is 0.379. The standard InChI is InChI=1S/C29H26N2O5S2/c1-2-36-19(32)13-31-27(33)22-17-12-18(23(22)28(31)34)24-21(17)20(25-26(37-24)30-29(35)38-25)16-10-8-15(9-11-16)14-6-4-3-5-7-14/h3-11,17-18,20-24H,2,12-13H2,1H3,(H,30,35). The van der Waals surface area contributed by atoms with E-state index in [-0.39, 0.29) is 58.8 Å². The Bertz CT molecular complexity index is 1500. The first-order valence-corrected chi connectivity index (χ1v) is 14.7. The fourth-order valence-corrected chi connectivity index (χ4v) is 10.3. The number of hydrogen-bond acceptors (Lipinski definition) is 7. The zero-order chi connectivity index (χ0) is 26.1. The Morgan fingerprint density at radius 3 is 2.37 bits per heavy atom. The number of carbonyl (C=O) groups is 3. The van der Waals surface area contributed by atoms with Crippen molar-refractivity contribution < 1.29 is 19.1 Å². The van der Waals surface area contributed by atoms with Crippen LogP contribution in [0.3, 0.4) is 0 Å². The van der Waals surface area contributed by atoms with Crippen molar-refractivity contribution in [3.63, 3.8) is 0 Å². The summed E-state index contributed by atoms with van der Waals surface area (Å²) in [6.45, 7) is 1.60. The number of benzene rings is 2. The third-order valence-electron chi connectivity index (χ3n) is 8.78. The molecule has 7 nitrogen and oxygen atoms in total. The zero-order valence-electron chi connectivity index (χ0n) is 20.7. The number of thioether (sulfide) groups is 1. The van der Waals surface area contributed by atoms with Gasteiger partial charge >= 0.3 is 10.8 Å². The molecule has 2 amide bonds. The maximum absolute atomic E-state index is 13.5. The van der Waals surface area contributed by atoms with Gasteiger partial charge in [-0.25, -0.2) is 0 Å². The molecule has 2 aliphatic heterocycles. The molecule has 4 aliphatic rings. The van der Waals surface area contributed by atoms with Gasteiger partial charge in [0, 0.05) is 16.0 Å². The molecule has 3 aromatic rings. The summed E-state index contributed by atoms with van der Waals surface area (Å²) < 4.78 is 5.02. The monoisotopic (exact) mass is 546 g/mol. The number of nitrogens with one attached hydrogen (secondary N) is 1. The highest BCUT2D eigenvalue weighted by atomic mass is 32.2. The van der Waals surface area contributed by atoms with E-state index < -0.39 is 17.8 Å². The van der Waals surface area contributed by atoms with Gasteiger partial charge in [-0.15, -0.1) is 11.8 Å². The van der Waals surface area contributed by atoms with Gasteiger partial charge in [0.2, 0.25) is 11.8 Å². The number of thiazole rings is 1. The molecule has 7 atom stereocenters. The third kappa shape index (κ3) is 3.48. The van der Waals surface area contributed by atoms with Crippen LogP contribution in [0.15, 0.2) is 64.4 Å². The van der Waals surface area contributed by atoms with Crippen LogP contribution in [-0.4, -0.2) is 46.1 Å². The van der Waals surface area contributed by atoms with Crippen LogP contribution in [0.2, 0.25) is 0 Å². The summed E-state index contributed by atoms with van der Waals surface area (Å²) in [5, 5.41) is 1.01. The van der Waals surface area contributed by atoms with Crippen LogP contribution < -0.4 is 4.87 Å². The minimum Gasteiger partial charge on any atom is -0.465 e. The van der Waals surface area contributed by atoms with E-state index in [1.807, 2.05) is 18.2 Å². The van der Waals surface area contributed by atoms with Crippen molar-refractivity contribution in [2.24, 2.45) is 29.6 Å². The van der Waals surface area contributed by atoms with Crippen molar-refractivity contribution in [2.45, 2.75) is 29.5 Å². The number of aromatic amines is 1. The second-order valence-electron chi connectivity index (χ2n) is 10.5. The Hall–Kier alpha value is -3.17. The van der Waals surface area contributed by atoms with Crippen molar-refractivity contribution >= 4 is 40.9 Å². The van der Waals surface area contributed by atoms with Gasteiger partial charge in [-0.3, -0.25) is 24.1 Å². The number of esters is 1. The average molecular weight is 547 g/mol. The molecule has 3 fully saturated rings. The predicted octanol–water partition coefficient (Wildman–Crippen LogP) is 4.14. The summed E-state index contributed by atoms with van der Waals surface area (Å²) in [5.74, 6) is -1.68. The van der Waals surface area contributed by atoms with Crippen LogP contribution in [0.25, 0.3) is 11.1 Å². The first-order chi connectivity index (χ1) is 18.5. The smallest absolute Gasteiger partial charge is 0.326 e. The van der Waals surface area contributed by atoms with Crippen LogP contribution in [0, 0.1) is 29.6 Å². The minimum absolute atomic E-state index is 0.0234. The van der Waals surface area contributed by atoms with E-state index in [0.29, 0.717) is 0 Å². The van der Waals surface area contributed by atoms with E-state index in [9.17, 15) is 19.2 Å². The maximum Gasteiger partial charge on any atom is 0.326 e. The zero-order valence-corrected chi connectivity index (χ0v) is 22.3. The average Bonchev–Trinajstić information content (AvgIpc) is 3.65. The highest BCUT2D eigenvalue weighted by Gasteiger charge is 2.69. The van der Waals surface area contributed by atoms with E-state index in [1.54, 1.807) is 18.7 Å². The molecule has 3 heterocycles. The number of likely N-dealkylation sites (tertiary alicyclic amines) is 1. The Morgan fingerprint density at radius 2 is 1.66 bits per heavy atom. The number of hydrogen-bond donors (Lipinski definition) is 1. The molecule has 38 heavy (non-hydrogen) atoms. The van der Waals surface area contributed by atoms with E-state index >= 15 is 0 Å². The molecule has 2 saturated carbocycles. The van der Waals surface area contributed by atoms with Gasteiger partial charge < -0.3 is 9.72 Å². The van der Waals surface area contributed by atoms with Crippen LogP contribution in [-0.2, 0) is 19.1 Å². The van der Waals surface area contributed by atoms with Crippen molar-refractivity contribution in [3.8, 4) is 11.1 Å². The number of imide groups is 1. The Labute approximate surface area is 227 Å². The van der Waals surface area contributed by atoms with Gasteiger partial charge in [0.1, 0.15) is 6.54 Å². The lowest BCUT2D eigenvalue weighted by molar-refractivity contribution is -0.153. The summed E-state index contributed by atoms with van der Waals surface area (Å²) >= 11 is 2.92. The summed E-state index contributed by atoms with van der Waals surface area (Å²) in [5.41, 5.74) is 3.39. The second-order valence-corrected chi connectivity index (χ2v) is 12.7. The summed E-state index contributed by atoms with van der Waals surface area (Å²) in [4.78, 5) is 56.7. The quantitative estimate of drug-likeness (QED) is 0.382. The van der Waals surface area contributed by atoms with Gasteiger partial charge in [-0.1, -0.05) is 65.9 Å². The molecular weight excluding hydrogens is 520 g/mol. The van der Waals surface area contributed by atoms with Crippen molar-refractivity contribution in [1.82, 2.24) is 9.88 Å². The van der Waals surface area contributed by atoms with E-state index in [4.69, 9.17) is 4.74 Å². The van der Waals surface area contributed by atoms with Crippen molar-refractivity contribution in [3.05, 3.63) is 74.7 Å². The van der Waals surface area contributed by atoms with Crippen molar-refractivity contribution in [1.29, 1.82) is 0 Å². The Balaban J connectivity index is 1.26. The van der Waals surface area contributed by atoms with Gasteiger partial charge in [0.15, 0.2) is 0 Å². The largest absolute Gasteiger partial charge is 0.465 e. The number of rotatable bonds is 5. The lowest BCUT2D eigenvalue weighted by atomic mass is 9.68. The lowest BCUT2D eigenvalue weighted by Gasteiger charge is -2.43. The molecule has 9 heteroatoms. The molecule has 2 aromatic carbocycles. The number of nitrogens with zero attached hydrogens (tertiary/aromatic N) is 1. The van der Waals surface area contributed by atoms with Crippen LogP contribution in [0.1, 0.15) is 29.7 Å². The predicted molar refractivity (Wildman–Crippen MR) is 144 cm³/mol. The molecule has 0 radical (unpaired) electrons. The van der Waals surface area contributed by atoms with E-state index in [0.717, 1.165) is 37.9 Å². The molecule has 2 aliphatic carbocycles. The minimum atomic E-state index is -0.551. The van der Waals surface area contributed by atoms with Gasteiger partial charge in [-0.05, 0) is 47.8 Å². The van der Waals surface area contributed by atoms with Crippen LogP contribution in [0.4, 0.5) is 0 Å². The molecule has 1 N–H and O–H groups in total. The first-order valence-electron chi connectivity index (χ1n) is 13.0. The molecule has 1 aromatic heterocycles. The Kier molecular flexibility index (Phi) is 5.63. The molecule has 194 valence electrons. The van der Waals surface area contributed by atoms with E-state index in [2.05, 4.69) is 41.4 Å². The first kappa shape index (κ1) is 23.9. The molecule has 1 saturated heterocycles. The maximum atomic E-state index is 13.5. The van der Waals surface area contributed by atoms with Gasteiger partial charge in [-0.2, -0.15) is 0 Å². The van der Waals surface area contributed by atoms with E-state index in [1.165, 1.54) is 11.3 Å². The summed E-state index contributed by atoms with van der Waals surface area (Å²) in [6, 6.07) is 18.7. The Morgan fingerprint density at radius 1 is 0.974 bits per heavy atom. The summed E-state index contributed by atoms with van der Waals surface area (Å²) in [6.07, 6.45) is 0.820. The topological polar surface area (TPSA) is 96.5 Å². The van der Waals surface area contributed by atoms with Gasteiger partial charge in [0.05, 0.1) is 23.5 Å². The van der Waals surface area contributed by atoms with Crippen molar-refractivity contribution in [2.75, 3.05) is 13.2 Å². The number of carbonyl (C=O) groups excluding carboxylic acids is 3. The highest BCUT2D eigenvalue weighted by molar-refractivity contribution is 8.00. The number of aromatic nitrogens is 1. The number of amides is 2. The van der Waals surface area contributed by atoms with Crippen LogP contribution >= 0.6 is 23.1 Å². The number of ether oxygens (including phenoxy) is 1. The molecule has 7 rings (SSSR count). The highest BCUT2D eigenvalue weighted by Crippen LogP contribution is 2.68. The lowest BCUT2D eigenvalue weighted by Crippen LogP contribution is -2.42. The number of fused-ring (bicyclic) bond motifs is 9. The molecular formula is C29H26N2O5S2. The SMILES string of the molecule is CCOC(=O)CN1C(=O)C2C3CC(C2C1=O)C1C(c2ccc(-c4ccccc4)cc2)c2sc(=O)[nH]c2SC31. The molecule has 0 spiro atoms. The fourth-order valence-electron chi connectivity index (χ4n) is 7.46. The molecule has 2 bridgehead atoms. The molecule has 7 unspecified atom stereocenters. The normalized spacial score (nSPS) is 30.8. The van der Waals surface area contributed by atoms with Crippen LogP contribution in [0.5, 0.6) is 0 Å². The summed E-state index contributed by atoms with van der Waals surface area (Å²) in [7, 11) is 0. The van der Waals surface area contributed by atoms with Gasteiger partial charge in [0.25, 0.3) is 0 Å². The number of H-pyrrole nitrogens is 1. The second kappa shape index (κ2) is 8.95.